The van der Waals surface area contributed by atoms with E-state index in [1.165, 1.54) is 24.3 Å². The van der Waals surface area contributed by atoms with Gasteiger partial charge in [-0.05, 0) is 63.3 Å². The Morgan fingerprint density at radius 3 is 2.62 bits per heavy atom. The highest BCUT2D eigenvalue weighted by Gasteiger charge is 2.23. The van der Waals surface area contributed by atoms with Crippen molar-refractivity contribution in [1.29, 1.82) is 0 Å². The van der Waals surface area contributed by atoms with E-state index in [1.807, 2.05) is 6.92 Å². The molecule has 0 unspecified atom stereocenters. The molecule has 1 aliphatic heterocycles. The number of fused-ring (bicyclic) bond motifs is 1. The molecule has 3 rings (SSSR count). The van der Waals surface area contributed by atoms with Crippen molar-refractivity contribution in [3.8, 4) is 0 Å². The third kappa shape index (κ3) is 6.44. The zero-order valence-corrected chi connectivity index (χ0v) is 20.7. The minimum atomic E-state index is -3.31. The summed E-state index contributed by atoms with van der Waals surface area (Å²) in [5, 5.41) is 7.62. The SMILES string of the molecule is CCn1nc(CCCOC(=O)c2ccc(S(=O)(=O)CC)cc2)c2c1C(=O)NCCCOCCC2. The second-order valence-corrected chi connectivity index (χ2v) is 10.4. The number of aromatic nitrogens is 2. The molecule has 2 heterocycles. The van der Waals surface area contributed by atoms with E-state index >= 15 is 0 Å². The smallest absolute Gasteiger partial charge is 0.338 e. The number of nitrogens with one attached hydrogen (secondary N) is 1. The molecule has 0 spiro atoms. The van der Waals surface area contributed by atoms with Gasteiger partial charge in [0.2, 0.25) is 0 Å². The molecule has 34 heavy (non-hydrogen) atoms. The number of rotatable bonds is 8. The van der Waals surface area contributed by atoms with E-state index < -0.39 is 15.8 Å². The van der Waals surface area contributed by atoms with Crippen molar-refractivity contribution in [2.75, 3.05) is 32.1 Å². The Morgan fingerprint density at radius 2 is 1.91 bits per heavy atom. The minimum absolute atomic E-state index is 0.00295. The van der Waals surface area contributed by atoms with E-state index in [2.05, 4.69) is 10.4 Å². The Balaban J connectivity index is 1.62. The Kier molecular flexibility index (Phi) is 9.23. The lowest BCUT2D eigenvalue weighted by Gasteiger charge is -2.08. The van der Waals surface area contributed by atoms with Crippen molar-refractivity contribution in [3.63, 3.8) is 0 Å². The van der Waals surface area contributed by atoms with Crippen LogP contribution in [0.2, 0.25) is 0 Å². The molecule has 2 aromatic rings. The molecule has 0 saturated carbocycles. The number of benzene rings is 1. The van der Waals surface area contributed by atoms with Crippen LogP contribution in [0.4, 0.5) is 0 Å². The van der Waals surface area contributed by atoms with Crippen molar-refractivity contribution in [2.45, 2.75) is 57.4 Å². The molecule has 1 amide bonds. The predicted molar refractivity (Wildman–Crippen MR) is 127 cm³/mol. The van der Waals surface area contributed by atoms with Gasteiger partial charge < -0.3 is 14.8 Å². The van der Waals surface area contributed by atoms with Gasteiger partial charge in [-0.15, -0.1) is 0 Å². The first-order chi connectivity index (χ1) is 16.4. The van der Waals surface area contributed by atoms with Crippen LogP contribution in [0.5, 0.6) is 0 Å². The summed E-state index contributed by atoms with van der Waals surface area (Å²) in [5.41, 5.74) is 2.69. The molecule has 186 valence electrons. The molecule has 0 atom stereocenters. The highest BCUT2D eigenvalue weighted by Crippen LogP contribution is 2.20. The maximum atomic E-state index is 12.8. The van der Waals surface area contributed by atoms with Crippen LogP contribution >= 0.6 is 0 Å². The van der Waals surface area contributed by atoms with Crippen LogP contribution in [0.3, 0.4) is 0 Å². The van der Waals surface area contributed by atoms with Crippen LogP contribution in [0.15, 0.2) is 29.2 Å². The van der Waals surface area contributed by atoms with Crippen molar-refractivity contribution < 1.29 is 27.5 Å². The number of hydrogen-bond donors (Lipinski definition) is 1. The fourth-order valence-electron chi connectivity index (χ4n) is 3.86. The maximum absolute atomic E-state index is 12.8. The molecule has 0 aliphatic carbocycles. The summed E-state index contributed by atoms with van der Waals surface area (Å²) in [6, 6.07) is 5.77. The number of ether oxygens (including phenoxy) is 2. The first kappa shape index (κ1) is 25.9. The van der Waals surface area contributed by atoms with Crippen LogP contribution in [-0.2, 0) is 38.7 Å². The average Bonchev–Trinajstić information content (AvgIpc) is 3.18. The second-order valence-electron chi connectivity index (χ2n) is 8.08. The molecule has 10 heteroatoms. The van der Waals surface area contributed by atoms with Gasteiger partial charge >= 0.3 is 5.97 Å². The van der Waals surface area contributed by atoms with Gasteiger partial charge in [-0.3, -0.25) is 9.48 Å². The topological polar surface area (TPSA) is 117 Å². The highest BCUT2D eigenvalue weighted by molar-refractivity contribution is 7.91. The van der Waals surface area contributed by atoms with Crippen molar-refractivity contribution >= 4 is 21.7 Å². The summed E-state index contributed by atoms with van der Waals surface area (Å²) in [4.78, 5) is 25.3. The molecular weight excluding hydrogens is 458 g/mol. The number of hydrogen-bond acceptors (Lipinski definition) is 7. The quantitative estimate of drug-likeness (QED) is 0.446. The van der Waals surface area contributed by atoms with Gasteiger partial charge in [0.15, 0.2) is 9.84 Å². The molecule has 9 nitrogen and oxygen atoms in total. The number of nitrogens with zero attached hydrogens (tertiary/aromatic N) is 2. The zero-order valence-electron chi connectivity index (χ0n) is 19.8. The van der Waals surface area contributed by atoms with Gasteiger partial charge in [-0.1, -0.05) is 6.92 Å². The van der Waals surface area contributed by atoms with Gasteiger partial charge in [0, 0.05) is 31.9 Å². The van der Waals surface area contributed by atoms with Crippen LogP contribution < -0.4 is 5.32 Å². The summed E-state index contributed by atoms with van der Waals surface area (Å²) in [5.74, 6) is -0.615. The summed E-state index contributed by atoms with van der Waals surface area (Å²) in [6.07, 6.45) is 3.41. The van der Waals surface area contributed by atoms with Crippen molar-refractivity contribution in [3.05, 3.63) is 46.8 Å². The Bertz CT molecular complexity index is 1090. The monoisotopic (exact) mass is 491 g/mol. The van der Waals surface area contributed by atoms with E-state index in [0.717, 1.165) is 24.1 Å². The Labute approximate surface area is 200 Å². The van der Waals surface area contributed by atoms with Crippen molar-refractivity contribution in [1.82, 2.24) is 15.1 Å². The van der Waals surface area contributed by atoms with Gasteiger partial charge in [-0.25, -0.2) is 13.2 Å². The van der Waals surface area contributed by atoms with Crippen LogP contribution in [0.25, 0.3) is 0 Å². The number of carbonyl (C=O) groups is 2. The number of aryl methyl sites for hydroxylation is 2. The summed E-state index contributed by atoms with van der Waals surface area (Å²) in [7, 11) is -3.31. The van der Waals surface area contributed by atoms with E-state index in [0.29, 0.717) is 56.8 Å². The number of esters is 1. The fraction of sp³-hybridized carbons (Fsp3) is 0.542. The highest BCUT2D eigenvalue weighted by atomic mass is 32.2. The molecule has 1 N–H and O–H groups in total. The third-order valence-corrected chi connectivity index (χ3v) is 7.49. The van der Waals surface area contributed by atoms with Crippen molar-refractivity contribution in [2.24, 2.45) is 0 Å². The second kappa shape index (κ2) is 12.1. The van der Waals surface area contributed by atoms with Gasteiger partial charge in [0.25, 0.3) is 5.91 Å². The predicted octanol–water partition coefficient (Wildman–Crippen LogP) is 2.57. The largest absolute Gasteiger partial charge is 0.462 e. The van der Waals surface area contributed by atoms with E-state index in [9.17, 15) is 18.0 Å². The van der Waals surface area contributed by atoms with E-state index in [4.69, 9.17) is 9.47 Å². The summed E-state index contributed by atoms with van der Waals surface area (Å²) in [6.45, 7) is 6.14. The van der Waals surface area contributed by atoms with Gasteiger partial charge in [0.05, 0.1) is 28.5 Å². The molecule has 0 saturated heterocycles. The molecule has 0 bridgehead atoms. The van der Waals surface area contributed by atoms with Crippen LogP contribution in [-0.4, -0.2) is 62.2 Å². The van der Waals surface area contributed by atoms with Gasteiger partial charge in [-0.2, -0.15) is 5.10 Å². The molecule has 1 aromatic carbocycles. The molecule has 0 fully saturated rings. The molecule has 0 radical (unpaired) electrons. The van der Waals surface area contributed by atoms with E-state index in [1.54, 1.807) is 11.6 Å². The number of amides is 1. The number of sulfone groups is 1. The van der Waals surface area contributed by atoms with Crippen LogP contribution in [0, 0.1) is 0 Å². The lowest BCUT2D eigenvalue weighted by atomic mass is 10.0. The zero-order chi connectivity index (χ0) is 24.6. The molecule has 1 aliphatic rings. The van der Waals surface area contributed by atoms with Crippen LogP contribution in [0.1, 0.15) is 65.2 Å². The minimum Gasteiger partial charge on any atom is -0.462 e. The standard InChI is InChI=1S/C24H33N3O6S/c1-3-27-22-20(8-5-15-32-16-7-14-25-23(22)28)21(26-27)9-6-17-33-24(29)18-10-12-19(13-11-18)34(30,31)4-2/h10-13H,3-9,14-17H2,1-2H3,(H,25,28). The number of carbonyl (C=O) groups excluding carboxylic acids is 2. The molecular formula is C24H33N3O6S. The van der Waals surface area contributed by atoms with E-state index in [-0.39, 0.29) is 23.2 Å². The average molecular weight is 492 g/mol. The Morgan fingerprint density at radius 1 is 1.18 bits per heavy atom. The van der Waals surface area contributed by atoms with Gasteiger partial charge in [0.1, 0.15) is 5.69 Å². The normalized spacial score (nSPS) is 15.2. The first-order valence-electron chi connectivity index (χ1n) is 11.8. The molecule has 1 aromatic heterocycles. The Hall–Kier alpha value is -2.72. The summed E-state index contributed by atoms with van der Waals surface area (Å²) >= 11 is 0. The first-order valence-corrected chi connectivity index (χ1v) is 13.5. The lowest BCUT2D eigenvalue weighted by molar-refractivity contribution is 0.0500. The lowest BCUT2D eigenvalue weighted by Crippen LogP contribution is -2.28. The maximum Gasteiger partial charge on any atom is 0.338 e. The summed E-state index contributed by atoms with van der Waals surface area (Å²) < 4.78 is 36.6. The third-order valence-electron chi connectivity index (χ3n) is 5.74. The fourth-order valence-corrected chi connectivity index (χ4v) is 4.75.